The lowest BCUT2D eigenvalue weighted by Crippen LogP contribution is -2.26. The third kappa shape index (κ3) is 2.76. The molecule has 0 saturated carbocycles. The van der Waals surface area contributed by atoms with Crippen molar-refractivity contribution < 1.29 is 19.2 Å². The summed E-state index contributed by atoms with van der Waals surface area (Å²) in [6.07, 6.45) is 1.03. The Bertz CT molecular complexity index is 740. The van der Waals surface area contributed by atoms with Crippen LogP contribution in [0.1, 0.15) is 31.1 Å². The van der Waals surface area contributed by atoms with E-state index in [2.05, 4.69) is 0 Å². The van der Waals surface area contributed by atoms with Gasteiger partial charge in [-0.25, -0.2) is 9.36 Å². The second-order valence-electron chi connectivity index (χ2n) is 5.48. The van der Waals surface area contributed by atoms with Crippen molar-refractivity contribution in [1.82, 2.24) is 4.57 Å². The summed E-state index contributed by atoms with van der Waals surface area (Å²) in [5, 5.41) is 11.5. The molecule has 2 aromatic rings. The lowest BCUT2D eigenvalue weighted by Gasteiger charge is -2.19. The van der Waals surface area contributed by atoms with Crippen molar-refractivity contribution in [2.45, 2.75) is 26.4 Å². The van der Waals surface area contributed by atoms with Crippen LogP contribution in [0.15, 0.2) is 24.4 Å². The summed E-state index contributed by atoms with van der Waals surface area (Å²) >= 11 is 0. The van der Waals surface area contributed by atoms with E-state index in [-0.39, 0.29) is 16.8 Å². The van der Waals surface area contributed by atoms with Gasteiger partial charge in [-0.3, -0.25) is 14.9 Å². The molecule has 0 radical (unpaired) electrons. The van der Waals surface area contributed by atoms with E-state index in [1.165, 1.54) is 18.3 Å². The quantitative estimate of drug-likeness (QED) is 0.481. The smallest absolute Gasteiger partial charge is 0.419 e. The lowest BCUT2D eigenvalue weighted by atomic mass is 10.1. The summed E-state index contributed by atoms with van der Waals surface area (Å²) in [6.45, 7) is 5.06. The number of hydrogen-bond acceptors (Lipinski definition) is 5. The maximum absolute atomic E-state index is 12.2. The summed E-state index contributed by atoms with van der Waals surface area (Å²) in [6, 6.07) is 4.29. The van der Waals surface area contributed by atoms with Gasteiger partial charge in [0, 0.05) is 23.2 Å². The van der Waals surface area contributed by atoms with Crippen LogP contribution in [0.5, 0.6) is 0 Å². The first kappa shape index (κ1) is 14.7. The number of carbonyl (C=O) groups excluding carboxylic acids is 2. The highest BCUT2D eigenvalue weighted by molar-refractivity contribution is 6.04. The van der Waals surface area contributed by atoms with E-state index in [0.717, 1.165) is 4.57 Å². The highest BCUT2D eigenvalue weighted by Crippen LogP contribution is 2.29. The lowest BCUT2D eigenvalue weighted by molar-refractivity contribution is -0.383. The van der Waals surface area contributed by atoms with Crippen molar-refractivity contribution in [1.29, 1.82) is 0 Å². The van der Waals surface area contributed by atoms with Crippen molar-refractivity contribution in [3.63, 3.8) is 0 Å². The monoisotopic (exact) mass is 290 g/mol. The Kier molecular flexibility index (Phi) is 3.51. The van der Waals surface area contributed by atoms with E-state index in [9.17, 15) is 19.7 Å². The summed E-state index contributed by atoms with van der Waals surface area (Å²) in [5.41, 5.74) is -0.761. The molecule has 0 atom stereocenters. The van der Waals surface area contributed by atoms with Gasteiger partial charge in [-0.05, 0) is 20.8 Å². The molecule has 0 spiro atoms. The molecule has 0 bridgehead atoms. The average Bonchev–Trinajstić information content (AvgIpc) is 2.75. The van der Waals surface area contributed by atoms with Crippen LogP contribution in [0.2, 0.25) is 0 Å². The molecule has 7 nitrogen and oxygen atoms in total. The number of nitrogens with zero attached hydrogens (tertiary/aromatic N) is 2. The van der Waals surface area contributed by atoms with Crippen molar-refractivity contribution in [2.75, 3.05) is 0 Å². The van der Waals surface area contributed by atoms with Gasteiger partial charge in [0.25, 0.3) is 5.69 Å². The fourth-order valence-corrected chi connectivity index (χ4v) is 1.99. The standard InChI is InChI=1S/C14H14N2O5/c1-14(2,3)21-13(18)15-7-9(8-17)10-5-4-6-11(12(10)15)16(19)20/h4-8H,1-3H3. The van der Waals surface area contributed by atoms with Crippen LogP contribution in [0, 0.1) is 10.1 Å². The number of rotatable bonds is 2. The van der Waals surface area contributed by atoms with Gasteiger partial charge in [-0.1, -0.05) is 12.1 Å². The van der Waals surface area contributed by atoms with Gasteiger partial charge in [0.2, 0.25) is 0 Å². The van der Waals surface area contributed by atoms with Crippen molar-refractivity contribution >= 4 is 29.0 Å². The molecule has 0 aliphatic heterocycles. The molecule has 0 N–H and O–H groups in total. The van der Waals surface area contributed by atoms with Crippen molar-refractivity contribution in [3.05, 3.63) is 40.1 Å². The molecule has 0 aliphatic rings. The minimum absolute atomic E-state index is 0.0545. The van der Waals surface area contributed by atoms with Crippen LogP contribution in [-0.4, -0.2) is 27.5 Å². The third-order valence-electron chi connectivity index (χ3n) is 2.75. The number of nitro groups is 1. The molecule has 0 aliphatic carbocycles. The summed E-state index contributed by atoms with van der Waals surface area (Å²) < 4.78 is 6.21. The number of para-hydroxylation sites is 1. The van der Waals surface area contributed by atoms with E-state index in [1.54, 1.807) is 26.8 Å². The predicted octanol–water partition coefficient (Wildman–Crippen LogP) is 3.15. The molecular weight excluding hydrogens is 276 g/mol. The normalized spacial score (nSPS) is 11.4. The summed E-state index contributed by atoms with van der Waals surface area (Å²) in [7, 11) is 0. The number of benzene rings is 1. The highest BCUT2D eigenvalue weighted by Gasteiger charge is 2.25. The van der Waals surface area contributed by atoms with E-state index in [4.69, 9.17) is 4.74 Å². The fourth-order valence-electron chi connectivity index (χ4n) is 1.99. The number of nitro benzene ring substituents is 1. The van der Waals surface area contributed by atoms with Crippen molar-refractivity contribution in [2.24, 2.45) is 0 Å². The number of aromatic nitrogens is 1. The molecule has 0 amide bonds. The number of ether oxygens (including phenoxy) is 1. The first-order valence-corrected chi connectivity index (χ1v) is 6.21. The Morgan fingerprint density at radius 1 is 1.38 bits per heavy atom. The van der Waals surface area contributed by atoms with Crippen LogP contribution in [0.3, 0.4) is 0 Å². The molecular formula is C14H14N2O5. The van der Waals surface area contributed by atoms with Crippen LogP contribution < -0.4 is 0 Å². The second kappa shape index (κ2) is 5.01. The Morgan fingerprint density at radius 3 is 2.57 bits per heavy atom. The van der Waals surface area contributed by atoms with Crippen LogP contribution in [0.25, 0.3) is 10.9 Å². The molecule has 2 rings (SSSR count). The van der Waals surface area contributed by atoms with Crippen molar-refractivity contribution in [3.8, 4) is 0 Å². The summed E-state index contributed by atoms with van der Waals surface area (Å²) in [5.74, 6) is 0. The molecule has 0 saturated heterocycles. The maximum atomic E-state index is 12.2. The number of aldehydes is 1. The predicted molar refractivity (Wildman–Crippen MR) is 75.6 cm³/mol. The topological polar surface area (TPSA) is 91.4 Å². The van der Waals surface area contributed by atoms with Crippen LogP contribution >= 0.6 is 0 Å². The molecule has 0 unspecified atom stereocenters. The van der Waals surface area contributed by atoms with Crippen LogP contribution in [0.4, 0.5) is 10.5 Å². The maximum Gasteiger partial charge on any atom is 0.419 e. The van der Waals surface area contributed by atoms with Gasteiger partial charge >= 0.3 is 6.09 Å². The Labute approximate surface area is 120 Å². The molecule has 1 aromatic heterocycles. The van der Waals surface area contributed by atoms with Gasteiger partial charge in [-0.15, -0.1) is 0 Å². The second-order valence-corrected chi connectivity index (χ2v) is 5.48. The minimum Gasteiger partial charge on any atom is -0.443 e. The largest absolute Gasteiger partial charge is 0.443 e. The Morgan fingerprint density at radius 2 is 2.05 bits per heavy atom. The van der Waals surface area contributed by atoms with Gasteiger partial charge in [0.1, 0.15) is 11.1 Å². The van der Waals surface area contributed by atoms with Gasteiger partial charge < -0.3 is 4.74 Å². The first-order valence-electron chi connectivity index (χ1n) is 6.21. The zero-order valence-electron chi connectivity index (χ0n) is 11.8. The average molecular weight is 290 g/mol. The minimum atomic E-state index is -0.769. The molecule has 1 aromatic carbocycles. The zero-order chi connectivity index (χ0) is 15.8. The molecule has 21 heavy (non-hydrogen) atoms. The van der Waals surface area contributed by atoms with E-state index in [0.29, 0.717) is 11.7 Å². The van der Waals surface area contributed by atoms with Crippen LogP contribution in [-0.2, 0) is 4.74 Å². The SMILES string of the molecule is CC(C)(C)OC(=O)n1cc(C=O)c2cccc([N+](=O)[O-])c21. The number of hydrogen-bond donors (Lipinski definition) is 0. The van der Waals surface area contributed by atoms with E-state index >= 15 is 0 Å². The van der Waals surface area contributed by atoms with Gasteiger partial charge in [0.15, 0.2) is 6.29 Å². The molecule has 0 fully saturated rings. The van der Waals surface area contributed by atoms with Gasteiger partial charge in [-0.2, -0.15) is 0 Å². The zero-order valence-corrected chi connectivity index (χ0v) is 11.8. The Hall–Kier alpha value is -2.70. The molecule has 110 valence electrons. The number of carbonyl (C=O) groups is 2. The van der Waals surface area contributed by atoms with E-state index in [1.807, 2.05) is 0 Å². The molecule has 1 heterocycles. The third-order valence-corrected chi connectivity index (χ3v) is 2.75. The van der Waals surface area contributed by atoms with E-state index < -0.39 is 16.6 Å². The Balaban J connectivity index is 2.71. The number of non-ortho nitro benzene ring substituents is 1. The number of fused-ring (bicyclic) bond motifs is 1. The molecule has 7 heteroatoms. The summed E-state index contributed by atoms with van der Waals surface area (Å²) in [4.78, 5) is 33.8. The van der Waals surface area contributed by atoms with Gasteiger partial charge in [0.05, 0.1) is 4.92 Å². The fraction of sp³-hybridized carbons (Fsp3) is 0.286. The first-order chi connectivity index (χ1) is 9.74. The highest BCUT2D eigenvalue weighted by atomic mass is 16.6.